The fourth-order valence-corrected chi connectivity index (χ4v) is 3.13. The van der Waals surface area contributed by atoms with Crippen molar-refractivity contribution >= 4 is 17.0 Å². The summed E-state index contributed by atoms with van der Waals surface area (Å²) in [6.45, 7) is 1.87. The summed E-state index contributed by atoms with van der Waals surface area (Å²) in [7, 11) is -2.49. The molecule has 0 spiro atoms. The molecule has 1 saturated carbocycles. The Balaban J connectivity index is 2.06. The van der Waals surface area contributed by atoms with Gasteiger partial charge in [-0.1, -0.05) is 17.3 Å². The Morgan fingerprint density at radius 1 is 1.38 bits per heavy atom. The first-order valence-corrected chi connectivity index (χ1v) is 8.05. The third-order valence-electron chi connectivity index (χ3n) is 4.03. The number of carbonyl (C=O) groups excluding carboxylic acids is 1. The van der Waals surface area contributed by atoms with Gasteiger partial charge in [0.25, 0.3) is 0 Å². The first-order chi connectivity index (χ1) is 10.1. The lowest BCUT2D eigenvalue weighted by molar-refractivity contribution is -0.109. The fraction of sp³-hybridized carbons (Fsp3) is 0.333. The van der Waals surface area contributed by atoms with Gasteiger partial charge in [-0.15, -0.1) is 0 Å². The van der Waals surface area contributed by atoms with Crippen molar-refractivity contribution in [3.63, 3.8) is 0 Å². The summed E-state index contributed by atoms with van der Waals surface area (Å²) >= 11 is 0. The van der Waals surface area contributed by atoms with Crippen molar-refractivity contribution in [1.29, 1.82) is 0 Å². The molecule has 2 aromatic rings. The van der Waals surface area contributed by atoms with Crippen LogP contribution in [0.4, 0.5) is 0 Å². The lowest BCUT2D eigenvalue weighted by atomic mass is 9.94. The number of carbonyl (C=O) groups is 1. The van der Waals surface area contributed by atoms with Gasteiger partial charge in [0.05, 0.1) is 17.4 Å². The first-order valence-electron chi connectivity index (χ1n) is 6.69. The summed E-state index contributed by atoms with van der Waals surface area (Å²) in [5.41, 5.74) is 2.73. The summed E-state index contributed by atoms with van der Waals surface area (Å²) in [4.78, 5) is 11.3. The fourth-order valence-electron chi connectivity index (χ4n) is 2.51. The molecular formula is C15H15NO4S. The molecule has 1 fully saturated rings. The number of hydrogen-bond donors (Lipinski definition) is 1. The van der Waals surface area contributed by atoms with Gasteiger partial charge < -0.3 is 9.32 Å². The molecule has 110 valence electrons. The van der Waals surface area contributed by atoms with Crippen LogP contribution in [0.2, 0.25) is 0 Å². The minimum atomic E-state index is -2.49. The van der Waals surface area contributed by atoms with Crippen LogP contribution in [0.5, 0.6) is 0 Å². The minimum Gasteiger partial charge on any atom is -0.356 e. The van der Waals surface area contributed by atoms with Gasteiger partial charge in [-0.25, -0.2) is 8.42 Å². The summed E-state index contributed by atoms with van der Waals surface area (Å²) in [6, 6.07) is 5.52. The Labute approximate surface area is 123 Å². The molecule has 0 N–H and O–H groups in total. The van der Waals surface area contributed by atoms with E-state index in [1.165, 1.54) is 0 Å². The predicted octanol–water partition coefficient (Wildman–Crippen LogP) is 1.99. The van der Waals surface area contributed by atoms with E-state index < -0.39 is 16.1 Å². The zero-order valence-electron chi connectivity index (χ0n) is 11.5. The highest BCUT2D eigenvalue weighted by molar-refractivity contribution is 7.71. The van der Waals surface area contributed by atoms with E-state index in [9.17, 15) is 13.2 Å². The molecule has 0 aliphatic heterocycles. The van der Waals surface area contributed by atoms with Crippen molar-refractivity contribution in [3.8, 4) is 11.3 Å². The van der Waals surface area contributed by atoms with E-state index in [0.717, 1.165) is 41.4 Å². The van der Waals surface area contributed by atoms with Crippen LogP contribution in [0.1, 0.15) is 29.5 Å². The van der Waals surface area contributed by atoms with E-state index in [0.29, 0.717) is 5.76 Å². The molecule has 0 saturated heterocycles. The molecule has 6 heteroatoms. The van der Waals surface area contributed by atoms with Crippen molar-refractivity contribution in [2.75, 3.05) is 0 Å². The number of nitrogens with zero attached hydrogens (tertiary/aromatic N) is 1. The standard InChI is InChI=1S/C15H15NO4S/c1-10-2-3-11(6-12(10)8-21(18)19)14-13(7-16-20-14)15(9-17)4-5-15/h2-3,6-7,9,21H,4-5,8H2,1H3. The van der Waals surface area contributed by atoms with E-state index in [1.807, 2.05) is 19.1 Å². The van der Waals surface area contributed by atoms with Crippen LogP contribution in [-0.4, -0.2) is 19.9 Å². The van der Waals surface area contributed by atoms with Crippen LogP contribution in [0.15, 0.2) is 28.9 Å². The lowest BCUT2D eigenvalue weighted by Gasteiger charge is -2.08. The van der Waals surface area contributed by atoms with Gasteiger partial charge in [0.1, 0.15) is 17.0 Å². The third-order valence-corrected chi connectivity index (χ3v) is 4.63. The minimum absolute atomic E-state index is 0.00268. The molecule has 0 atom stereocenters. The normalized spacial score (nSPS) is 16.1. The summed E-state index contributed by atoms with van der Waals surface area (Å²) < 4.78 is 27.2. The second-order valence-corrected chi connectivity index (χ2v) is 6.46. The average Bonchev–Trinajstić information content (AvgIpc) is 3.10. The molecule has 1 aromatic carbocycles. The highest BCUT2D eigenvalue weighted by Crippen LogP contribution is 2.49. The molecule has 0 radical (unpaired) electrons. The van der Waals surface area contributed by atoms with Gasteiger partial charge in [-0.05, 0) is 37.0 Å². The molecule has 3 rings (SSSR count). The first kappa shape index (κ1) is 14.0. The lowest BCUT2D eigenvalue weighted by Crippen LogP contribution is -2.07. The van der Waals surface area contributed by atoms with E-state index in [1.54, 1.807) is 12.3 Å². The Kier molecular flexibility index (Phi) is 3.41. The molecule has 1 aliphatic rings. The zero-order chi connectivity index (χ0) is 15.0. The maximum atomic E-state index is 11.3. The monoisotopic (exact) mass is 305 g/mol. The van der Waals surface area contributed by atoms with Crippen molar-refractivity contribution in [3.05, 3.63) is 41.1 Å². The Bertz CT molecular complexity index is 764. The number of rotatable bonds is 5. The highest BCUT2D eigenvalue weighted by Gasteiger charge is 2.47. The molecule has 1 aromatic heterocycles. The van der Waals surface area contributed by atoms with Crippen molar-refractivity contribution in [2.24, 2.45) is 0 Å². The topological polar surface area (TPSA) is 77.2 Å². The van der Waals surface area contributed by atoms with Crippen LogP contribution < -0.4 is 0 Å². The van der Waals surface area contributed by atoms with E-state index in [-0.39, 0.29) is 5.75 Å². The van der Waals surface area contributed by atoms with Gasteiger partial charge >= 0.3 is 0 Å². The van der Waals surface area contributed by atoms with E-state index in [4.69, 9.17) is 4.52 Å². The van der Waals surface area contributed by atoms with Crippen LogP contribution in [0, 0.1) is 6.92 Å². The van der Waals surface area contributed by atoms with Gasteiger partial charge in [-0.2, -0.15) is 0 Å². The van der Waals surface area contributed by atoms with Crippen molar-refractivity contribution < 1.29 is 17.7 Å². The summed E-state index contributed by atoms with van der Waals surface area (Å²) in [5, 5.41) is 3.81. The Hall–Kier alpha value is -1.95. The second-order valence-electron chi connectivity index (χ2n) is 5.47. The maximum Gasteiger partial charge on any atom is 0.171 e. The molecule has 0 unspecified atom stereocenters. The number of aldehydes is 1. The maximum absolute atomic E-state index is 11.3. The molecule has 0 amide bonds. The van der Waals surface area contributed by atoms with Crippen LogP contribution in [0.3, 0.4) is 0 Å². The van der Waals surface area contributed by atoms with E-state index in [2.05, 4.69) is 5.16 Å². The third kappa shape index (κ3) is 2.51. The van der Waals surface area contributed by atoms with Crippen molar-refractivity contribution in [1.82, 2.24) is 5.16 Å². The molecule has 1 aliphatic carbocycles. The number of aryl methyl sites for hydroxylation is 1. The smallest absolute Gasteiger partial charge is 0.171 e. The summed E-state index contributed by atoms with van der Waals surface area (Å²) in [5.74, 6) is 0.555. The highest BCUT2D eigenvalue weighted by atomic mass is 32.2. The number of aromatic nitrogens is 1. The molecule has 5 nitrogen and oxygen atoms in total. The van der Waals surface area contributed by atoms with Gasteiger partial charge in [0, 0.05) is 11.1 Å². The SMILES string of the molecule is Cc1ccc(-c2oncc2C2(C=O)CC2)cc1C[SH](=O)=O. The molecule has 21 heavy (non-hydrogen) atoms. The number of thiol groups is 1. The van der Waals surface area contributed by atoms with Gasteiger partial charge in [0.2, 0.25) is 0 Å². The predicted molar refractivity (Wildman–Crippen MR) is 77.7 cm³/mol. The van der Waals surface area contributed by atoms with Crippen LogP contribution in [0.25, 0.3) is 11.3 Å². The largest absolute Gasteiger partial charge is 0.356 e. The molecular weight excluding hydrogens is 290 g/mol. The molecule has 1 heterocycles. The van der Waals surface area contributed by atoms with Crippen molar-refractivity contribution in [2.45, 2.75) is 30.9 Å². The van der Waals surface area contributed by atoms with Gasteiger partial charge in [-0.3, -0.25) is 0 Å². The molecule has 0 bridgehead atoms. The summed E-state index contributed by atoms with van der Waals surface area (Å²) in [6.07, 6.45) is 4.14. The zero-order valence-corrected chi connectivity index (χ0v) is 12.4. The van der Waals surface area contributed by atoms with E-state index >= 15 is 0 Å². The Morgan fingerprint density at radius 2 is 2.14 bits per heavy atom. The van der Waals surface area contributed by atoms with Gasteiger partial charge in [0.15, 0.2) is 5.76 Å². The van der Waals surface area contributed by atoms with Crippen LogP contribution in [-0.2, 0) is 26.7 Å². The number of benzene rings is 1. The van der Waals surface area contributed by atoms with Crippen LogP contribution >= 0.6 is 0 Å². The Morgan fingerprint density at radius 3 is 2.76 bits per heavy atom. The quantitative estimate of drug-likeness (QED) is 0.675. The second kappa shape index (κ2) is 5.11. The average molecular weight is 305 g/mol. The number of hydrogen-bond acceptors (Lipinski definition) is 5.